The van der Waals surface area contributed by atoms with E-state index in [-0.39, 0.29) is 5.78 Å². The fourth-order valence-corrected chi connectivity index (χ4v) is 3.66. The van der Waals surface area contributed by atoms with E-state index in [1.807, 2.05) is 66.7 Å². The van der Waals surface area contributed by atoms with Crippen molar-refractivity contribution in [3.63, 3.8) is 0 Å². The molecule has 0 aromatic heterocycles. The lowest BCUT2D eigenvalue weighted by molar-refractivity contribution is 0.0733. The highest BCUT2D eigenvalue weighted by Crippen LogP contribution is 2.24. The molecule has 0 amide bonds. The average molecular weight is 483 g/mol. The Morgan fingerprint density at radius 3 is 2.06 bits per heavy atom. The van der Waals surface area contributed by atoms with Crippen LogP contribution in [0.3, 0.4) is 0 Å². The van der Waals surface area contributed by atoms with Gasteiger partial charge in [-0.1, -0.05) is 84.9 Å². The number of benzene rings is 4. The topological polar surface area (TPSA) is 43.4 Å². The van der Waals surface area contributed by atoms with Gasteiger partial charge in [-0.15, -0.1) is 0 Å². The van der Waals surface area contributed by atoms with Crippen LogP contribution in [-0.2, 0) is 0 Å². The van der Waals surface area contributed by atoms with Crippen LogP contribution in [0.25, 0.3) is 17.2 Å². The number of halogens is 1. The van der Waals surface area contributed by atoms with Gasteiger partial charge >= 0.3 is 5.97 Å². The summed E-state index contributed by atoms with van der Waals surface area (Å²) >= 11 is 3.36. The number of carbonyl (C=O) groups excluding carboxylic acids is 2. The van der Waals surface area contributed by atoms with Crippen molar-refractivity contribution in [1.29, 1.82) is 0 Å². The molecule has 0 aliphatic carbocycles. The lowest BCUT2D eigenvalue weighted by Crippen LogP contribution is -2.09. The first-order valence-electron chi connectivity index (χ1n) is 10.1. The third-order valence-electron chi connectivity index (χ3n) is 4.91. The highest BCUT2D eigenvalue weighted by atomic mass is 79.9. The molecule has 4 rings (SSSR count). The molecule has 3 nitrogen and oxygen atoms in total. The van der Waals surface area contributed by atoms with Gasteiger partial charge in [-0.25, -0.2) is 4.79 Å². The number of hydrogen-bond donors (Lipinski definition) is 0. The predicted molar refractivity (Wildman–Crippen MR) is 131 cm³/mol. The Morgan fingerprint density at radius 2 is 1.31 bits per heavy atom. The van der Waals surface area contributed by atoms with Crippen molar-refractivity contribution in [3.8, 4) is 16.9 Å². The van der Waals surface area contributed by atoms with Gasteiger partial charge in [-0.05, 0) is 57.4 Å². The first-order chi connectivity index (χ1) is 15.6. The normalized spacial score (nSPS) is 10.8. The molecule has 4 aromatic carbocycles. The zero-order valence-electron chi connectivity index (χ0n) is 17.1. The monoisotopic (exact) mass is 482 g/mol. The Morgan fingerprint density at radius 1 is 0.688 bits per heavy atom. The number of para-hydroxylation sites is 1. The first-order valence-corrected chi connectivity index (χ1v) is 10.8. The second-order valence-corrected chi connectivity index (χ2v) is 7.90. The van der Waals surface area contributed by atoms with Crippen LogP contribution in [0.5, 0.6) is 5.75 Å². The van der Waals surface area contributed by atoms with Gasteiger partial charge in [-0.2, -0.15) is 0 Å². The van der Waals surface area contributed by atoms with E-state index in [2.05, 4.69) is 15.9 Å². The molecule has 0 aliphatic heterocycles. The number of esters is 1. The van der Waals surface area contributed by atoms with Crippen molar-refractivity contribution in [1.82, 2.24) is 0 Å². The summed E-state index contributed by atoms with van der Waals surface area (Å²) < 4.78 is 6.24. The lowest BCUT2D eigenvalue weighted by atomic mass is 10.0. The smallest absolute Gasteiger partial charge is 0.344 e. The molecule has 0 N–H and O–H groups in total. The molecule has 0 saturated heterocycles. The van der Waals surface area contributed by atoms with Crippen molar-refractivity contribution in [3.05, 3.63) is 130 Å². The van der Waals surface area contributed by atoms with E-state index in [0.29, 0.717) is 26.9 Å². The molecule has 0 saturated carbocycles. The Balaban J connectivity index is 1.49. The van der Waals surface area contributed by atoms with Gasteiger partial charge in [0.2, 0.25) is 0 Å². The molecule has 4 heteroatoms. The van der Waals surface area contributed by atoms with E-state index in [0.717, 1.165) is 11.1 Å². The van der Waals surface area contributed by atoms with Crippen molar-refractivity contribution in [2.75, 3.05) is 0 Å². The Hall–Kier alpha value is -3.76. The van der Waals surface area contributed by atoms with Crippen molar-refractivity contribution in [2.24, 2.45) is 0 Å². The molecule has 4 aromatic rings. The van der Waals surface area contributed by atoms with E-state index in [4.69, 9.17) is 4.74 Å². The van der Waals surface area contributed by atoms with Gasteiger partial charge in [0.15, 0.2) is 5.78 Å². The number of ether oxygens (including phenoxy) is 1. The maximum Gasteiger partial charge on any atom is 0.344 e. The van der Waals surface area contributed by atoms with Crippen LogP contribution in [0, 0.1) is 0 Å². The third kappa shape index (κ3) is 5.10. The van der Waals surface area contributed by atoms with Crippen LogP contribution < -0.4 is 4.74 Å². The van der Waals surface area contributed by atoms with Gasteiger partial charge in [0.25, 0.3) is 0 Å². The molecule has 32 heavy (non-hydrogen) atoms. The number of hydrogen-bond acceptors (Lipinski definition) is 3. The molecule has 0 atom stereocenters. The number of allylic oxidation sites excluding steroid dienone is 1. The van der Waals surface area contributed by atoms with Crippen molar-refractivity contribution in [2.45, 2.75) is 0 Å². The quantitative estimate of drug-likeness (QED) is 0.126. The summed E-state index contributed by atoms with van der Waals surface area (Å²) in [6.45, 7) is 0. The molecule has 0 bridgehead atoms. The van der Waals surface area contributed by atoms with E-state index in [1.165, 1.54) is 6.08 Å². The van der Waals surface area contributed by atoms with E-state index in [1.54, 1.807) is 42.5 Å². The predicted octanol–water partition coefficient (Wildman–Crippen LogP) is 7.23. The SMILES string of the molecule is O=C(/C=C/c1ccccc1OC(=O)c1ccccc1Br)c1ccc(-c2ccccc2)cc1. The van der Waals surface area contributed by atoms with E-state index in [9.17, 15) is 9.59 Å². The first kappa shape index (κ1) is 21.5. The van der Waals surface area contributed by atoms with Gasteiger partial charge < -0.3 is 4.74 Å². The van der Waals surface area contributed by atoms with Crippen LogP contribution >= 0.6 is 15.9 Å². The van der Waals surface area contributed by atoms with Gasteiger partial charge in [0, 0.05) is 15.6 Å². The summed E-state index contributed by atoms with van der Waals surface area (Å²) in [4.78, 5) is 25.2. The lowest BCUT2D eigenvalue weighted by Gasteiger charge is -2.08. The number of rotatable bonds is 6. The van der Waals surface area contributed by atoms with E-state index < -0.39 is 5.97 Å². The summed E-state index contributed by atoms with van der Waals surface area (Å²) in [5, 5.41) is 0. The van der Waals surface area contributed by atoms with Crippen LogP contribution in [0.1, 0.15) is 26.3 Å². The highest BCUT2D eigenvalue weighted by molar-refractivity contribution is 9.10. The zero-order valence-corrected chi connectivity index (χ0v) is 18.7. The summed E-state index contributed by atoms with van der Waals surface area (Å²) in [5.74, 6) is -0.213. The summed E-state index contributed by atoms with van der Waals surface area (Å²) in [6, 6.07) is 31.7. The fourth-order valence-electron chi connectivity index (χ4n) is 3.21. The van der Waals surface area contributed by atoms with Gasteiger partial charge in [-0.3, -0.25) is 4.79 Å². The van der Waals surface area contributed by atoms with Crippen LogP contribution in [-0.4, -0.2) is 11.8 Å². The van der Waals surface area contributed by atoms with Crippen LogP contribution in [0.15, 0.2) is 114 Å². The average Bonchev–Trinajstić information content (AvgIpc) is 2.84. The molecule has 0 fully saturated rings. The molecule has 0 unspecified atom stereocenters. The summed E-state index contributed by atoms with van der Waals surface area (Å²) in [6.07, 6.45) is 3.15. The molecule has 0 heterocycles. The summed E-state index contributed by atoms with van der Waals surface area (Å²) in [7, 11) is 0. The van der Waals surface area contributed by atoms with Crippen molar-refractivity contribution >= 4 is 33.8 Å². The Bertz CT molecular complexity index is 1280. The van der Waals surface area contributed by atoms with Gasteiger partial charge in [0.05, 0.1) is 5.56 Å². The fraction of sp³-hybridized carbons (Fsp3) is 0. The maximum atomic E-state index is 12.7. The number of ketones is 1. The van der Waals surface area contributed by atoms with Crippen LogP contribution in [0.4, 0.5) is 0 Å². The van der Waals surface area contributed by atoms with E-state index >= 15 is 0 Å². The molecular formula is C28H19BrO3. The minimum absolute atomic E-state index is 0.128. The summed E-state index contributed by atoms with van der Waals surface area (Å²) in [5.41, 5.74) is 3.81. The standard InChI is InChI=1S/C28H19BrO3/c29-25-12-6-5-11-24(25)28(31)32-27-13-7-4-10-23(27)18-19-26(30)22-16-14-21(15-17-22)20-8-2-1-3-9-20/h1-19H/b19-18+. The maximum absolute atomic E-state index is 12.7. The Labute approximate surface area is 195 Å². The van der Waals surface area contributed by atoms with Gasteiger partial charge in [0.1, 0.15) is 5.75 Å². The number of carbonyl (C=O) groups is 2. The largest absolute Gasteiger partial charge is 0.422 e. The second-order valence-electron chi connectivity index (χ2n) is 7.05. The minimum atomic E-state index is -0.471. The third-order valence-corrected chi connectivity index (χ3v) is 5.60. The molecule has 0 radical (unpaired) electrons. The Kier molecular flexibility index (Phi) is 6.73. The molecule has 0 aliphatic rings. The van der Waals surface area contributed by atoms with Crippen LogP contribution in [0.2, 0.25) is 0 Å². The minimum Gasteiger partial charge on any atom is -0.422 e. The van der Waals surface area contributed by atoms with Crippen molar-refractivity contribution < 1.29 is 14.3 Å². The second kappa shape index (κ2) is 10.0. The molecule has 0 spiro atoms. The molecule has 156 valence electrons. The highest BCUT2D eigenvalue weighted by Gasteiger charge is 2.13. The molecular weight excluding hydrogens is 464 g/mol. The zero-order chi connectivity index (χ0) is 22.3.